The van der Waals surface area contributed by atoms with E-state index in [-0.39, 0.29) is 30.4 Å². The molecule has 1 saturated heterocycles. The first-order valence-electron chi connectivity index (χ1n) is 8.38. The Morgan fingerprint density at radius 1 is 1.20 bits per heavy atom. The second kappa shape index (κ2) is 9.17. The summed E-state index contributed by atoms with van der Waals surface area (Å²) in [4.78, 5) is 25.9. The third-order valence-corrected chi connectivity index (χ3v) is 4.16. The maximum absolute atomic E-state index is 12.1. The summed E-state index contributed by atoms with van der Waals surface area (Å²) >= 11 is 0. The number of urea groups is 1. The van der Waals surface area contributed by atoms with Crippen LogP contribution in [0.1, 0.15) is 32.3 Å². The molecule has 7 heteroatoms. The summed E-state index contributed by atoms with van der Waals surface area (Å²) in [5.74, 6) is 0.359. The summed E-state index contributed by atoms with van der Waals surface area (Å²) < 4.78 is 0. The molecule has 0 radical (unpaired) electrons. The highest BCUT2D eigenvalue weighted by molar-refractivity contribution is 5.95. The molecule has 0 saturated carbocycles. The van der Waals surface area contributed by atoms with E-state index < -0.39 is 6.03 Å². The van der Waals surface area contributed by atoms with Crippen molar-refractivity contribution in [2.24, 2.45) is 11.7 Å². The van der Waals surface area contributed by atoms with E-state index >= 15 is 0 Å². The lowest BCUT2D eigenvalue weighted by molar-refractivity contribution is -0.121. The number of halogens is 1. The SMILES string of the molecule is CC(C)(C)NC(=O)NC(=O)CN1C[C@@H](CN)[C@H](c2ccccc2)C1.Cl. The molecule has 0 spiro atoms. The molecule has 2 atom stereocenters. The van der Waals surface area contributed by atoms with Gasteiger partial charge in [-0.05, 0) is 38.8 Å². The molecule has 25 heavy (non-hydrogen) atoms. The van der Waals surface area contributed by atoms with Crippen molar-refractivity contribution in [3.63, 3.8) is 0 Å². The van der Waals surface area contributed by atoms with Gasteiger partial charge in [-0.15, -0.1) is 12.4 Å². The molecule has 0 bridgehead atoms. The van der Waals surface area contributed by atoms with Gasteiger partial charge in [0.15, 0.2) is 0 Å². The first-order chi connectivity index (χ1) is 11.3. The molecule has 0 unspecified atom stereocenters. The Hall–Kier alpha value is -1.63. The highest BCUT2D eigenvalue weighted by Crippen LogP contribution is 2.31. The molecule has 4 N–H and O–H groups in total. The van der Waals surface area contributed by atoms with Crippen molar-refractivity contribution in [2.45, 2.75) is 32.2 Å². The molecular weight excluding hydrogens is 340 g/mol. The first kappa shape index (κ1) is 21.4. The molecule has 6 nitrogen and oxygen atoms in total. The van der Waals surface area contributed by atoms with Crippen molar-refractivity contribution >= 4 is 24.3 Å². The fourth-order valence-electron chi connectivity index (χ4n) is 3.15. The standard InChI is InChI=1S/C18H28N4O2.ClH/c1-18(2,3)21-17(24)20-16(23)12-22-10-14(9-19)15(11-22)13-7-5-4-6-8-13;/h4-8,14-15H,9-12,19H2,1-3H3,(H2,20,21,23,24);1H/t14-,15+;/m1./s1. The number of amides is 3. The predicted molar refractivity (Wildman–Crippen MR) is 102 cm³/mol. The van der Waals surface area contributed by atoms with Crippen molar-refractivity contribution in [3.05, 3.63) is 35.9 Å². The molecule has 3 amide bonds. The van der Waals surface area contributed by atoms with Crippen molar-refractivity contribution < 1.29 is 9.59 Å². The van der Waals surface area contributed by atoms with Gasteiger partial charge in [0.05, 0.1) is 6.54 Å². The van der Waals surface area contributed by atoms with E-state index in [1.807, 2.05) is 39.0 Å². The fraction of sp³-hybridized carbons (Fsp3) is 0.556. The normalized spacial score (nSPS) is 20.6. The Bertz CT molecular complexity index is 574. The molecule has 1 heterocycles. The number of hydrogen-bond acceptors (Lipinski definition) is 4. The van der Waals surface area contributed by atoms with Crippen LogP contribution < -0.4 is 16.4 Å². The molecule has 1 aromatic rings. The number of imide groups is 1. The van der Waals surface area contributed by atoms with Crippen molar-refractivity contribution in [3.8, 4) is 0 Å². The van der Waals surface area contributed by atoms with Gasteiger partial charge in [0.25, 0.3) is 0 Å². The van der Waals surface area contributed by atoms with Crippen molar-refractivity contribution in [1.82, 2.24) is 15.5 Å². The van der Waals surface area contributed by atoms with Crippen LogP contribution in [0.4, 0.5) is 4.79 Å². The summed E-state index contributed by atoms with van der Waals surface area (Å²) in [7, 11) is 0. The van der Waals surface area contributed by atoms with Crippen LogP contribution in [0.3, 0.4) is 0 Å². The highest BCUT2D eigenvalue weighted by Gasteiger charge is 2.33. The second-order valence-corrected chi connectivity index (χ2v) is 7.46. The molecule has 0 aromatic heterocycles. The lowest BCUT2D eigenvalue weighted by Crippen LogP contribution is -2.50. The molecule has 140 valence electrons. The third-order valence-electron chi connectivity index (χ3n) is 4.16. The Balaban J connectivity index is 0.00000312. The Kier molecular flexibility index (Phi) is 7.86. The van der Waals surface area contributed by atoms with Gasteiger partial charge < -0.3 is 11.1 Å². The van der Waals surface area contributed by atoms with E-state index in [9.17, 15) is 9.59 Å². The Morgan fingerprint density at radius 2 is 1.84 bits per heavy atom. The molecule has 1 aliphatic rings. The summed E-state index contributed by atoms with van der Waals surface area (Å²) in [6.45, 7) is 7.94. The first-order valence-corrected chi connectivity index (χ1v) is 8.38. The maximum Gasteiger partial charge on any atom is 0.321 e. The van der Waals surface area contributed by atoms with Crippen LogP contribution in [0.15, 0.2) is 30.3 Å². The number of rotatable bonds is 4. The number of nitrogens with zero attached hydrogens (tertiary/aromatic N) is 1. The predicted octanol–water partition coefficient (Wildman–Crippen LogP) is 1.71. The number of carbonyl (C=O) groups is 2. The minimum absolute atomic E-state index is 0. The monoisotopic (exact) mass is 368 g/mol. The van der Waals surface area contributed by atoms with Gasteiger partial charge in [-0.1, -0.05) is 30.3 Å². The Morgan fingerprint density at radius 3 is 2.40 bits per heavy atom. The zero-order chi connectivity index (χ0) is 17.7. The van der Waals surface area contributed by atoms with Crippen molar-refractivity contribution in [2.75, 3.05) is 26.2 Å². The zero-order valence-corrected chi connectivity index (χ0v) is 15.9. The van der Waals surface area contributed by atoms with Gasteiger partial charge in [0.1, 0.15) is 0 Å². The average molecular weight is 369 g/mol. The molecule has 0 aliphatic carbocycles. The third kappa shape index (κ3) is 6.65. The van der Waals surface area contributed by atoms with Gasteiger partial charge in [-0.2, -0.15) is 0 Å². The molecular formula is C18H29ClN4O2. The smallest absolute Gasteiger partial charge is 0.321 e. The van der Waals surface area contributed by atoms with E-state index in [2.05, 4.69) is 27.7 Å². The van der Waals surface area contributed by atoms with Crippen LogP contribution in [0.2, 0.25) is 0 Å². The van der Waals surface area contributed by atoms with E-state index in [0.717, 1.165) is 13.1 Å². The molecule has 1 aromatic carbocycles. The topological polar surface area (TPSA) is 87.5 Å². The van der Waals surface area contributed by atoms with Crippen molar-refractivity contribution in [1.29, 1.82) is 0 Å². The largest absolute Gasteiger partial charge is 0.333 e. The maximum atomic E-state index is 12.1. The lowest BCUT2D eigenvalue weighted by atomic mass is 9.89. The average Bonchev–Trinajstić information content (AvgIpc) is 2.88. The van der Waals surface area contributed by atoms with E-state index in [0.29, 0.717) is 18.4 Å². The van der Waals surface area contributed by atoms with Crippen LogP contribution in [0, 0.1) is 5.92 Å². The van der Waals surface area contributed by atoms with Gasteiger partial charge in [0, 0.05) is 24.5 Å². The number of carbonyl (C=O) groups excluding carboxylic acids is 2. The summed E-state index contributed by atoms with van der Waals surface area (Å²) in [5, 5.41) is 5.11. The lowest BCUT2D eigenvalue weighted by Gasteiger charge is -2.21. The van der Waals surface area contributed by atoms with Crippen LogP contribution >= 0.6 is 12.4 Å². The molecule has 1 aliphatic heterocycles. The van der Waals surface area contributed by atoms with Gasteiger partial charge in [-0.25, -0.2) is 4.79 Å². The Labute approximate surface area is 155 Å². The number of benzene rings is 1. The fourth-order valence-corrected chi connectivity index (χ4v) is 3.15. The van der Waals surface area contributed by atoms with Gasteiger partial charge in [0.2, 0.25) is 5.91 Å². The zero-order valence-electron chi connectivity index (χ0n) is 15.1. The number of nitrogens with two attached hydrogens (primary N) is 1. The summed E-state index contributed by atoms with van der Waals surface area (Å²) in [5.41, 5.74) is 6.79. The number of likely N-dealkylation sites (tertiary alicyclic amines) is 1. The number of nitrogens with one attached hydrogen (secondary N) is 2. The number of hydrogen-bond donors (Lipinski definition) is 3. The molecule has 2 rings (SSSR count). The quantitative estimate of drug-likeness (QED) is 0.755. The van der Waals surface area contributed by atoms with Crippen LogP contribution in [-0.2, 0) is 4.79 Å². The van der Waals surface area contributed by atoms with Gasteiger partial charge in [-0.3, -0.25) is 15.0 Å². The summed E-state index contributed by atoms with van der Waals surface area (Å²) in [6.07, 6.45) is 0. The van der Waals surface area contributed by atoms with E-state index in [1.54, 1.807) is 0 Å². The minimum Gasteiger partial charge on any atom is -0.333 e. The minimum atomic E-state index is -0.457. The highest BCUT2D eigenvalue weighted by atomic mass is 35.5. The van der Waals surface area contributed by atoms with Crippen LogP contribution in [0.25, 0.3) is 0 Å². The summed E-state index contributed by atoms with van der Waals surface area (Å²) in [6, 6.07) is 9.79. The second-order valence-electron chi connectivity index (χ2n) is 7.46. The van der Waals surface area contributed by atoms with Crippen LogP contribution in [-0.4, -0.2) is 48.6 Å². The van der Waals surface area contributed by atoms with Crippen LogP contribution in [0.5, 0.6) is 0 Å². The molecule has 1 fully saturated rings. The van der Waals surface area contributed by atoms with Gasteiger partial charge >= 0.3 is 6.03 Å². The van der Waals surface area contributed by atoms with E-state index in [4.69, 9.17) is 5.73 Å². The van der Waals surface area contributed by atoms with E-state index in [1.165, 1.54) is 5.56 Å².